The monoisotopic (exact) mass is 315 g/mol. The zero-order valence-electron chi connectivity index (χ0n) is 9.95. The highest BCUT2D eigenvalue weighted by molar-refractivity contribution is 9.10. The Labute approximate surface area is 115 Å². The molecule has 1 aliphatic rings. The number of hydrogen-bond acceptors (Lipinski definition) is 3. The van der Waals surface area contributed by atoms with E-state index in [2.05, 4.69) is 27.5 Å². The molecule has 0 saturated heterocycles. The minimum absolute atomic E-state index is 0.374. The average molecular weight is 316 g/mol. The number of rotatable bonds is 4. The number of phenolic OH excluding ortho intramolecular Hbond substituents is 1. The highest BCUT2D eigenvalue weighted by atomic mass is 79.9. The Bertz CT molecular complexity index is 386. The summed E-state index contributed by atoms with van der Waals surface area (Å²) in [5.74, 6) is 0.374. The van der Waals surface area contributed by atoms with E-state index in [1.807, 2.05) is 23.9 Å². The molecule has 0 bridgehead atoms. The predicted molar refractivity (Wildman–Crippen MR) is 77.6 cm³/mol. The number of halogens is 1. The molecule has 1 saturated carbocycles. The SMILES string of the molecule is CSC1CCCC1NCc1cc(Br)ccc1O. The molecule has 2 rings (SSSR count). The topological polar surface area (TPSA) is 32.3 Å². The Morgan fingerprint density at radius 2 is 2.29 bits per heavy atom. The summed E-state index contributed by atoms with van der Waals surface area (Å²) < 4.78 is 1.01. The smallest absolute Gasteiger partial charge is 0.120 e. The molecule has 17 heavy (non-hydrogen) atoms. The maximum atomic E-state index is 9.77. The van der Waals surface area contributed by atoms with Crippen molar-refractivity contribution in [1.82, 2.24) is 5.32 Å². The van der Waals surface area contributed by atoms with E-state index in [1.165, 1.54) is 19.3 Å². The first kappa shape index (κ1) is 13.2. The lowest BCUT2D eigenvalue weighted by Crippen LogP contribution is -2.33. The molecule has 94 valence electrons. The molecule has 2 unspecified atom stereocenters. The van der Waals surface area contributed by atoms with Gasteiger partial charge in [-0.1, -0.05) is 22.4 Å². The van der Waals surface area contributed by atoms with Crippen LogP contribution in [0, 0.1) is 0 Å². The minimum Gasteiger partial charge on any atom is -0.508 e. The number of benzene rings is 1. The largest absolute Gasteiger partial charge is 0.508 e. The zero-order valence-corrected chi connectivity index (χ0v) is 12.4. The maximum absolute atomic E-state index is 9.77. The Morgan fingerprint density at radius 1 is 1.47 bits per heavy atom. The van der Waals surface area contributed by atoms with Crippen LogP contribution in [0.25, 0.3) is 0 Å². The lowest BCUT2D eigenvalue weighted by atomic mass is 10.1. The van der Waals surface area contributed by atoms with E-state index in [0.29, 0.717) is 11.8 Å². The molecule has 2 atom stereocenters. The van der Waals surface area contributed by atoms with Crippen LogP contribution in [-0.2, 0) is 6.54 Å². The van der Waals surface area contributed by atoms with Crippen molar-refractivity contribution in [3.63, 3.8) is 0 Å². The quantitative estimate of drug-likeness (QED) is 0.891. The van der Waals surface area contributed by atoms with Gasteiger partial charge < -0.3 is 10.4 Å². The standard InChI is InChI=1S/C13H18BrNOS/c1-17-13-4-2-3-11(13)15-8-9-7-10(14)5-6-12(9)16/h5-7,11,13,15-16H,2-4,8H2,1H3. The molecule has 2 N–H and O–H groups in total. The fourth-order valence-electron chi connectivity index (χ4n) is 2.38. The van der Waals surface area contributed by atoms with E-state index in [-0.39, 0.29) is 0 Å². The van der Waals surface area contributed by atoms with Crippen LogP contribution in [0.1, 0.15) is 24.8 Å². The molecule has 0 aliphatic heterocycles. The van der Waals surface area contributed by atoms with Crippen molar-refractivity contribution in [1.29, 1.82) is 0 Å². The van der Waals surface area contributed by atoms with E-state index < -0.39 is 0 Å². The molecule has 1 fully saturated rings. The van der Waals surface area contributed by atoms with Crippen molar-refractivity contribution in [3.8, 4) is 5.75 Å². The summed E-state index contributed by atoms with van der Waals surface area (Å²) in [6.45, 7) is 0.743. The van der Waals surface area contributed by atoms with Gasteiger partial charge in [0.15, 0.2) is 0 Å². The van der Waals surface area contributed by atoms with Crippen LogP contribution in [0.5, 0.6) is 5.75 Å². The first-order chi connectivity index (χ1) is 8.20. The maximum Gasteiger partial charge on any atom is 0.120 e. The molecule has 2 nitrogen and oxygen atoms in total. The van der Waals surface area contributed by atoms with Crippen molar-refractivity contribution in [3.05, 3.63) is 28.2 Å². The van der Waals surface area contributed by atoms with Crippen LogP contribution >= 0.6 is 27.7 Å². The normalized spacial score (nSPS) is 24.1. The summed E-state index contributed by atoms with van der Waals surface area (Å²) in [7, 11) is 0. The fourth-order valence-corrected chi connectivity index (χ4v) is 3.75. The number of phenols is 1. The third-order valence-electron chi connectivity index (χ3n) is 3.35. The van der Waals surface area contributed by atoms with Crippen LogP contribution in [0.15, 0.2) is 22.7 Å². The van der Waals surface area contributed by atoms with Crippen LogP contribution in [0.3, 0.4) is 0 Å². The molecule has 1 aromatic rings. The lowest BCUT2D eigenvalue weighted by molar-refractivity contribution is 0.457. The van der Waals surface area contributed by atoms with Gasteiger partial charge >= 0.3 is 0 Å². The second-order valence-corrected chi connectivity index (χ2v) is 6.46. The second-order valence-electron chi connectivity index (χ2n) is 4.47. The van der Waals surface area contributed by atoms with E-state index in [0.717, 1.165) is 21.8 Å². The van der Waals surface area contributed by atoms with Gasteiger partial charge in [0.25, 0.3) is 0 Å². The van der Waals surface area contributed by atoms with Gasteiger partial charge in [-0.15, -0.1) is 0 Å². The van der Waals surface area contributed by atoms with Gasteiger partial charge in [0.05, 0.1) is 0 Å². The molecule has 1 aromatic carbocycles. The van der Waals surface area contributed by atoms with E-state index in [1.54, 1.807) is 6.07 Å². The molecule has 0 amide bonds. The fraction of sp³-hybridized carbons (Fsp3) is 0.538. The van der Waals surface area contributed by atoms with Gasteiger partial charge in [-0.05, 0) is 37.3 Å². The molecule has 4 heteroatoms. The highest BCUT2D eigenvalue weighted by Crippen LogP contribution is 2.29. The molecular formula is C13H18BrNOS. The Morgan fingerprint density at radius 3 is 3.06 bits per heavy atom. The Hall–Kier alpha value is -0.190. The van der Waals surface area contributed by atoms with Crippen molar-refractivity contribution in [2.75, 3.05) is 6.26 Å². The van der Waals surface area contributed by atoms with Crippen molar-refractivity contribution >= 4 is 27.7 Å². The van der Waals surface area contributed by atoms with Gasteiger partial charge in [0.2, 0.25) is 0 Å². The Kier molecular flexibility index (Phi) is 4.77. The summed E-state index contributed by atoms with van der Waals surface area (Å²) >= 11 is 5.38. The molecule has 0 spiro atoms. The van der Waals surface area contributed by atoms with Gasteiger partial charge in [-0.25, -0.2) is 0 Å². The third kappa shape index (κ3) is 3.39. The summed E-state index contributed by atoms with van der Waals surface area (Å²) in [6, 6.07) is 6.16. The van der Waals surface area contributed by atoms with E-state index in [9.17, 15) is 5.11 Å². The van der Waals surface area contributed by atoms with Crippen molar-refractivity contribution in [2.24, 2.45) is 0 Å². The summed E-state index contributed by atoms with van der Waals surface area (Å²) in [5.41, 5.74) is 0.964. The van der Waals surface area contributed by atoms with Gasteiger partial charge in [-0.3, -0.25) is 0 Å². The predicted octanol–water partition coefficient (Wildman–Crippen LogP) is 3.53. The van der Waals surface area contributed by atoms with E-state index >= 15 is 0 Å². The summed E-state index contributed by atoms with van der Waals surface area (Å²) in [6.07, 6.45) is 6.05. The average Bonchev–Trinajstić information content (AvgIpc) is 2.77. The van der Waals surface area contributed by atoms with Crippen LogP contribution in [0.4, 0.5) is 0 Å². The van der Waals surface area contributed by atoms with Gasteiger partial charge in [-0.2, -0.15) is 11.8 Å². The molecule has 1 aliphatic carbocycles. The number of thioether (sulfide) groups is 1. The van der Waals surface area contributed by atoms with Gasteiger partial charge in [0, 0.05) is 27.9 Å². The third-order valence-corrected chi connectivity index (χ3v) is 5.01. The molecule has 0 heterocycles. The van der Waals surface area contributed by atoms with E-state index in [4.69, 9.17) is 0 Å². The molecular weight excluding hydrogens is 298 g/mol. The number of aromatic hydroxyl groups is 1. The van der Waals surface area contributed by atoms with Crippen LogP contribution < -0.4 is 5.32 Å². The Balaban J connectivity index is 1.95. The van der Waals surface area contributed by atoms with Gasteiger partial charge in [0.1, 0.15) is 5.75 Å². The number of nitrogens with one attached hydrogen (secondary N) is 1. The first-order valence-corrected chi connectivity index (χ1v) is 8.02. The number of hydrogen-bond donors (Lipinski definition) is 2. The lowest BCUT2D eigenvalue weighted by Gasteiger charge is -2.19. The minimum atomic E-state index is 0.374. The van der Waals surface area contributed by atoms with Crippen molar-refractivity contribution < 1.29 is 5.11 Å². The van der Waals surface area contributed by atoms with Crippen molar-refractivity contribution in [2.45, 2.75) is 37.1 Å². The molecule has 0 aromatic heterocycles. The molecule has 0 radical (unpaired) electrons. The summed E-state index contributed by atoms with van der Waals surface area (Å²) in [4.78, 5) is 0. The first-order valence-electron chi connectivity index (χ1n) is 5.94. The zero-order chi connectivity index (χ0) is 12.3. The van der Waals surface area contributed by atoms with Crippen LogP contribution in [-0.4, -0.2) is 22.7 Å². The second kappa shape index (κ2) is 6.12. The highest BCUT2D eigenvalue weighted by Gasteiger charge is 2.25. The summed E-state index contributed by atoms with van der Waals surface area (Å²) in [5, 5.41) is 14.1. The van der Waals surface area contributed by atoms with Crippen LogP contribution in [0.2, 0.25) is 0 Å².